The second kappa shape index (κ2) is 8.17. The molecular weight excluding hydrogens is 282 g/mol. The van der Waals surface area contributed by atoms with Gasteiger partial charge in [-0.15, -0.1) is 11.6 Å². The van der Waals surface area contributed by atoms with Crippen LogP contribution in [-0.4, -0.2) is 35.7 Å². The third-order valence-electron chi connectivity index (χ3n) is 4.57. The van der Waals surface area contributed by atoms with Gasteiger partial charge >= 0.3 is 0 Å². The summed E-state index contributed by atoms with van der Waals surface area (Å²) in [6.07, 6.45) is 4.58. The Morgan fingerprint density at radius 2 is 1.86 bits per heavy atom. The molecule has 0 spiro atoms. The van der Waals surface area contributed by atoms with Crippen molar-refractivity contribution in [2.24, 2.45) is 0 Å². The first-order valence-electron chi connectivity index (χ1n) is 8.20. The maximum Gasteiger partial charge on any atom is 0.0712 e. The third-order valence-corrected chi connectivity index (χ3v) is 4.96. The summed E-state index contributed by atoms with van der Waals surface area (Å²) < 4.78 is 0. The van der Waals surface area contributed by atoms with Crippen LogP contribution in [0.15, 0.2) is 24.3 Å². The van der Waals surface area contributed by atoms with E-state index in [0.717, 1.165) is 19.5 Å². The fraction of sp³-hybridized carbons (Fsp3) is 0.667. The zero-order chi connectivity index (χ0) is 15.2. The van der Waals surface area contributed by atoms with Gasteiger partial charge in [0.2, 0.25) is 0 Å². The lowest BCUT2D eigenvalue weighted by atomic mass is 9.97. The molecule has 2 nitrogen and oxygen atoms in total. The molecule has 3 heteroatoms. The van der Waals surface area contributed by atoms with E-state index < -0.39 is 0 Å². The van der Waals surface area contributed by atoms with Crippen LogP contribution in [0.25, 0.3) is 0 Å². The minimum Gasteiger partial charge on any atom is -0.396 e. The quantitative estimate of drug-likeness (QED) is 0.791. The van der Waals surface area contributed by atoms with Crippen molar-refractivity contribution in [3.63, 3.8) is 0 Å². The van der Waals surface area contributed by atoms with Crippen LogP contribution in [0.5, 0.6) is 0 Å². The molecule has 0 saturated carbocycles. The number of nitrogens with zero attached hydrogens (tertiary/aromatic N) is 1. The number of benzene rings is 1. The largest absolute Gasteiger partial charge is 0.396 e. The van der Waals surface area contributed by atoms with Crippen LogP contribution in [0.2, 0.25) is 0 Å². The highest BCUT2D eigenvalue weighted by Crippen LogP contribution is 2.28. The van der Waals surface area contributed by atoms with E-state index in [1.807, 2.05) is 0 Å². The van der Waals surface area contributed by atoms with Crippen LogP contribution in [0.3, 0.4) is 0 Å². The summed E-state index contributed by atoms with van der Waals surface area (Å²) in [6.45, 7) is 6.68. The molecule has 21 heavy (non-hydrogen) atoms. The highest BCUT2D eigenvalue weighted by Gasteiger charge is 2.24. The second-order valence-corrected chi connectivity index (χ2v) is 6.97. The molecule has 2 rings (SSSR count). The van der Waals surface area contributed by atoms with Gasteiger partial charge in [0.05, 0.1) is 5.38 Å². The summed E-state index contributed by atoms with van der Waals surface area (Å²) in [6, 6.07) is 9.21. The van der Waals surface area contributed by atoms with Gasteiger partial charge in [-0.2, -0.15) is 0 Å². The summed E-state index contributed by atoms with van der Waals surface area (Å²) in [7, 11) is 0. The van der Waals surface area contributed by atoms with Crippen LogP contribution in [0.1, 0.15) is 62.0 Å². The molecule has 1 N–H and O–H groups in total. The predicted octanol–water partition coefficient (Wildman–Crippen LogP) is 4.33. The summed E-state index contributed by atoms with van der Waals surface area (Å²) in [5.41, 5.74) is 2.56. The molecule has 0 amide bonds. The highest BCUT2D eigenvalue weighted by molar-refractivity contribution is 6.21. The van der Waals surface area contributed by atoms with Crippen LogP contribution >= 0.6 is 11.6 Å². The number of likely N-dealkylation sites (tertiary alicyclic amines) is 1. The molecule has 0 bridgehead atoms. The van der Waals surface area contributed by atoms with E-state index in [9.17, 15) is 5.11 Å². The van der Waals surface area contributed by atoms with E-state index in [4.69, 9.17) is 11.6 Å². The smallest absolute Gasteiger partial charge is 0.0712 e. The van der Waals surface area contributed by atoms with Gasteiger partial charge < -0.3 is 5.11 Å². The van der Waals surface area contributed by atoms with Crippen molar-refractivity contribution in [1.29, 1.82) is 0 Å². The van der Waals surface area contributed by atoms with Gasteiger partial charge in [-0.05, 0) is 42.9 Å². The lowest BCUT2D eigenvalue weighted by Crippen LogP contribution is -2.41. The molecule has 1 aromatic carbocycles. The van der Waals surface area contributed by atoms with Crippen molar-refractivity contribution >= 4 is 11.6 Å². The van der Waals surface area contributed by atoms with Crippen LogP contribution < -0.4 is 0 Å². The van der Waals surface area contributed by atoms with Gasteiger partial charge in [0, 0.05) is 19.2 Å². The molecule has 0 aromatic heterocycles. The van der Waals surface area contributed by atoms with Crippen molar-refractivity contribution in [2.75, 3.05) is 19.7 Å². The van der Waals surface area contributed by atoms with Gasteiger partial charge in [-0.25, -0.2) is 0 Å². The monoisotopic (exact) mass is 309 g/mol. The highest BCUT2D eigenvalue weighted by atomic mass is 35.5. The van der Waals surface area contributed by atoms with Gasteiger partial charge in [0.25, 0.3) is 0 Å². The first-order chi connectivity index (χ1) is 10.1. The Morgan fingerprint density at radius 1 is 1.19 bits per heavy atom. The van der Waals surface area contributed by atoms with E-state index in [1.54, 1.807) is 0 Å². The minimum atomic E-state index is 0.0329. The fourth-order valence-corrected chi connectivity index (χ4v) is 3.50. The number of alkyl halides is 1. The molecule has 1 heterocycles. The number of piperidine rings is 1. The van der Waals surface area contributed by atoms with Crippen LogP contribution in [0, 0.1) is 0 Å². The zero-order valence-corrected chi connectivity index (χ0v) is 14.0. The van der Waals surface area contributed by atoms with E-state index in [-0.39, 0.29) is 12.0 Å². The predicted molar refractivity (Wildman–Crippen MR) is 90.0 cm³/mol. The Labute approximate surface area is 134 Å². The normalized spacial score (nSPS) is 21.7. The van der Waals surface area contributed by atoms with E-state index >= 15 is 0 Å². The molecule has 1 aliphatic rings. The van der Waals surface area contributed by atoms with Crippen molar-refractivity contribution in [3.8, 4) is 0 Å². The van der Waals surface area contributed by atoms with Gasteiger partial charge in [-0.3, -0.25) is 4.90 Å². The average Bonchev–Trinajstić information content (AvgIpc) is 2.49. The molecule has 2 atom stereocenters. The second-order valence-electron chi connectivity index (χ2n) is 6.45. The number of halogens is 1. The van der Waals surface area contributed by atoms with Crippen LogP contribution in [-0.2, 0) is 0 Å². The molecule has 2 unspecified atom stereocenters. The van der Waals surface area contributed by atoms with Crippen molar-refractivity contribution in [1.82, 2.24) is 4.90 Å². The molecule has 1 fully saturated rings. The fourth-order valence-electron chi connectivity index (χ4n) is 3.18. The maximum atomic E-state index is 9.21. The topological polar surface area (TPSA) is 23.5 Å². The van der Waals surface area contributed by atoms with Crippen molar-refractivity contribution < 1.29 is 5.11 Å². The first-order valence-corrected chi connectivity index (χ1v) is 8.64. The summed E-state index contributed by atoms with van der Waals surface area (Å²) in [5, 5.41) is 9.24. The van der Waals surface area contributed by atoms with E-state index in [0.29, 0.717) is 12.0 Å². The Balaban J connectivity index is 1.97. The number of hydrogen-bond acceptors (Lipinski definition) is 2. The van der Waals surface area contributed by atoms with E-state index in [1.165, 1.54) is 30.4 Å². The molecule has 1 saturated heterocycles. The lowest BCUT2D eigenvalue weighted by Gasteiger charge is -2.36. The van der Waals surface area contributed by atoms with Crippen molar-refractivity contribution in [2.45, 2.75) is 56.9 Å². The number of aliphatic hydroxyl groups is 1. The van der Waals surface area contributed by atoms with Gasteiger partial charge in [0.1, 0.15) is 0 Å². The average molecular weight is 310 g/mol. The molecular formula is C18H28ClNO. The summed E-state index contributed by atoms with van der Waals surface area (Å²) >= 11 is 6.63. The zero-order valence-electron chi connectivity index (χ0n) is 13.3. The Bertz CT molecular complexity index is 416. The minimum absolute atomic E-state index is 0.0329. The molecule has 0 radical (unpaired) electrons. The summed E-state index contributed by atoms with van der Waals surface area (Å²) in [4.78, 5) is 2.47. The van der Waals surface area contributed by atoms with Gasteiger partial charge in [0.15, 0.2) is 0 Å². The van der Waals surface area contributed by atoms with Crippen molar-refractivity contribution in [3.05, 3.63) is 35.4 Å². The maximum absolute atomic E-state index is 9.21. The Morgan fingerprint density at radius 3 is 2.48 bits per heavy atom. The van der Waals surface area contributed by atoms with Gasteiger partial charge in [-0.1, -0.05) is 44.5 Å². The number of hydrogen-bond donors (Lipinski definition) is 1. The molecule has 118 valence electrons. The number of aliphatic hydroxyl groups excluding tert-OH is 1. The SMILES string of the molecule is CC(C)c1ccc(C(Cl)CN2CCCCC2CCO)cc1. The van der Waals surface area contributed by atoms with Crippen LogP contribution in [0.4, 0.5) is 0 Å². The summed E-state index contributed by atoms with van der Waals surface area (Å²) in [5.74, 6) is 0.559. The third kappa shape index (κ3) is 4.70. The Hall–Kier alpha value is -0.570. The lowest BCUT2D eigenvalue weighted by molar-refractivity contribution is 0.119. The standard InChI is InChI=1S/C18H28ClNO/c1-14(2)15-6-8-16(9-7-15)18(19)13-20-11-4-3-5-17(20)10-12-21/h6-9,14,17-18,21H,3-5,10-13H2,1-2H3. The molecule has 1 aromatic rings. The number of rotatable bonds is 6. The van der Waals surface area contributed by atoms with E-state index in [2.05, 4.69) is 43.0 Å². The Kier molecular flexibility index (Phi) is 6.53. The molecule has 1 aliphatic heterocycles. The molecule has 0 aliphatic carbocycles. The first kappa shape index (κ1) is 16.8.